The highest BCUT2D eigenvalue weighted by Gasteiger charge is 2.38. The average molecular weight is 415 g/mol. The Hall–Kier alpha value is -2.53. The summed E-state index contributed by atoms with van der Waals surface area (Å²) in [6.07, 6.45) is 0.242. The lowest BCUT2D eigenvalue weighted by molar-refractivity contribution is -0.127. The molecule has 0 unspecified atom stereocenters. The zero-order chi connectivity index (χ0) is 21.2. The van der Waals surface area contributed by atoms with Crippen molar-refractivity contribution in [3.63, 3.8) is 0 Å². The second kappa shape index (κ2) is 8.46. The molecule has 0 fully saturated rings. The Labute approximate surface area is 177 Å². The summed E-state index contributed by atoms with van der Waals surface area (Å²) >= 11 is 5.90. The summed E-state index contributed by atoms with van der Waals surface area (Å²) in [7, 11) is 0. The van der Waals surface area contributed by atoms with Gasteiger partial charge in [-0.3, -0.25) is 9.59 Å². The third-order valence-corrected chi connectivity index (χ3v) is 5.02. The maximum absolute atomic E-state index is 13.1. The van der Waals surface area contributed by atoms with E-state index in [0.717, 1.165) is 5.56 Å². The van der Waals surface area contributed by atoms with Crippen LogP contribution in [0.15, 0.2) is 42.5 Å². The maximum Gasteiger partial charge on any atom is 0.236 e. The lowest BCUT2D eigenvalue weighted by Gasteiger charge is -2.29. The first-order valence-corrected chi connectivity index (χ1v) is 10.2. The highest BCUT2D eigenvalue weighted by molar-refractivity contribution is 6.30. The molecule has 1 aliphatic heterocycles. The van der Waals surface area contributed by atoms with Gasteiger partial charge < -0.3 is 15.0 Å². The van der Waals surface area contributed by atoms with Gasteiger partial charge in [0.05, 0.1) is 17.5 Å². The van der Waals surface area contributed by atoms with Crippen molar-refractivity contribution >= 4 is 34.8 Å². The summed E-state index contributed by atoms with van der Waals surface area (Å²) in [5.41, 5.74) is 1.58. The quantitative estimate of drug-likeness (QED) is 0.754. The van der Waals surface area contributed by atoms with Gasteiger partial charge in [-0.25, -0.2) is 0 Å². The molecule has 0 aromatic heterocycles. The van der Waals surface area contributed by atoms with Gasteiger partial charge in [-0.2, -0.15) is 0 Å². The molecule has 6 heteroatoms. The molecule has 0 radical (unpaired) electrons. The Morgan fingerprint density at radius 3 is 2.55 bits per heavy atom. The minimum atomic E-state index is -0.619. The van der Waals surface area contributed by atoms with Crippen molar-refractivity contribution in [3.8, 4) is 5.75 Å². The van der Waals surface area contributed by atoms with Crippen LogP contribution in [0.1, 0.15) is 33.3 Å². The van der Waals surface area contributed by atoms with E-state index in [2.05, 4.69) is 19.2 Å². The van der Waals surface area contributed by atoms with Gasteiger partial charge in [-0.05, 0) is 55.7 Å². The smallest absolute Gasteiger partial charge is 0.236 e. The lowest BCUT2D eigenvalue weighted by Crippen LogP contribution is -2.43. The van der Waals surface area contributed by atoms with Crippen LogP contribution in [-0.2, 0) is 16.0 Å². The van der Waals surface area contributed by atoms with Crippen LogP contribution in [0.5, 0.6) is 5.75 Å². The predicted octanol–water partition coefficient (Wildman–Crippen LogP) is 4.93. The first-order valence-electron chi connectivity index (χ1n) is 9.79. The van der Waals surface area contributed by atoms with Gasteiger partial charge in [0.2, 0.25) is 11.8 Å². The predicted molar refractivity (Wildman–Crippen MR) is 117 cm³/mol. The Morgan fingerprint density at radius 2 is 1.90 bits per heavy atom. The van der Waals surface area contributed by atoms with Gasteiger partial charge in [0.1, 0.15) is 12.4 Å². The fraction of sp³-hybridized carbons (Fsp3) is 0.391. The number of anilines is 2. The van der Waals surface area contributed by atoms with Gasteiger partial charge in [0.15, 0.2) is 0 Å². The van der Waals surface area contributed by atoms with E-state index in [1.54, 1.807) is 23.1 Å². The molecule has 154 valence electrons. The van der Waals surface area contributed by atoms with E-state index < -0.39 is 5.41 Å². The standard InChI is InChI=1S/C23H27ClN2O3/c1-15(2)13-26-19-12-18(9-10-20(19)29-14-23(3,4)22(26)28)25-21(27)11-16-5-7-17(24)8-6-16/h5-10,12,15H,11,13-14H2,1-4H3,(H,25,27). The van der Waals surface area contributed by atoms with Crippen LogP contribution < -0.4 is 15.0 Å². The van der Waals surface area contributed by atoms with Crippen molar-refractivity contribution in [1.82, 2.24) is 0 Å². The van der Waals surface area contributed by atoms with Crippen molar-refractivity contribution in [2.24, 2.45) is 11.3 Å². The van der Waals surface area contributed by atoms with Crippen molar-refractivity contribution in [1.29, 1.82) is 0 Å². The van der Waals surface area contributed by atoms with Crippen molar-refractivity contribution in [3.05, 3.63) is 53.1 Å². The number of hydrogen-bond donors (Lipinski definition) is 1. The van der Waals surface area contributed by atoms with E-state index >= 15 is 0 Å². The molecule has 0 saturated carbocycles. The molecule has 0 atom stereocenters. The largest absolute Gasteiger partial charge is 0.490 e. The fourth-order valence-corrected chi connectivity index (χ4v) is 3.39. The highest BCUT2D eigenvalue weighted by Crippen LogP contribution is 2.38. The molecule has 2 aromatic rings. The van der Waals surface area contributed by atoms with Gasteiger partial charge in [0, 0.05) is 17.3 Å². The second-order valence-electron chi connectivity index (χ2n) is 8.52. The topological polar surface area (TPSA) is 58.6 Å². The monoisotopic (exact) mass is 414 g/mol. The van der Waals surface area contributed by atoms with E-state index in [1.807, 2.05) is 38.1 Å². The van der Waals surface area contributed by atoms with Crippen LogP contribution in [0.4, 0.5) is 11.4 Å². The van der Waals surface area contributed by atoms with Crippen LogP contribution in [0, 0.1) is 11.3 Å². The number of amides is 2. The number of nitrogens with zero attached hydrogens (tertiary/aromatic N) is 1. The molecule has 1 heterocycles. The van der Waals surface area contributed by atoms with E-state index in [4.69, 9.17) is 16.3 Å². The van der Waals surface area contributed by atoms with Crippen LogP contribution in [0.3, 0.4) is 0 Å². The summed E-state index contributed by atoms with van der Waals surface area (Å²) in [5.74, 6) is 0.836. The molecular formula is C23H27ClN2O3. The number of fused-ring (bicyclic) bond motifs is 1. The molecule has 29 heavy (non-hydrogen) atoms. The zero-order valence-electron chi connectivity index (χ0n) is 17.3. The summed E-state index contributed by atoms with van der Waals surface area (Å²) in [6, 6.07) is 12.6. The van der Waals surface area contributed by atoms with E-state index in [1.165, 1.54) is 0 Å². The average Bonchev–Trinajstić information content (AvgIpc) is 2.74. The minimum Gasteiger partial charge on any atom is -0.490 e. The van der Waals surface area contributed by atoms with Crippen molar-refractivity contribution in [2.45, 2.75) is 34.1 Å². The third-order valence-electron chi connectivity index (χ3n) is 4.77. The maximum atomic E-state index is 13.1. The SMILES string of the molecule is CC(C)CN1C(=O)C(C)(C)COc2ccc(NC(=O)Cc3ccc(Cl)cc3)cc21. The molecule has 0 bridgehead atoms. The first-order chi connectivity index (χ1) is 13.7. The van der Waals surface area contributed by atoms with Crippen molar-refractivity contribution in [2.75, 3.05) is 23.4 Å². The fourth-order valence-electron chi connectivity index (χ4n) is 3.26. The molecule has 1 aliphatic rings. The third kappa shape index (κ3) is 5.10. The summed E-state index contributed by atoms with van der Waals surface area (Å²) in [5, 5.41) is 3.56. The van der Waals surface area contributed by atoms with Gasteiger partial charge in [-0.1, -0.05) is 37.6 Å². The number of nitrogens with one attached hydrogen (secondary N) is 1. The van der Waals surface area contributed by atoms with Gasteiger partial charge in [0.25, 0.3) is 0 Å². The summed E-state index contributed by atoms with van der Waals surface area (Å²) in [4.78, 5) is 27.4. The second-order valence-corrected chi connectivity index (χ2v) is 8.95. The Morgan fingerprint density at radius 1 is 1.21 bits per heavy atom. The molecule has 1 N–H and O–H groups in total. The van der Waals surface area contributed by atoms with E-state index in [-0.39, 0.29) is 18.2 Å². The summed E-state index contributed by atoms with van der Waals surface area (Å²) < 4.78 is 5.93. The molecule has 0 aliphatic carbocycles. The molecule has 2 aromatic carbocycles. The van der Waals surface area contributed by atoms with Crippen LogP contribution in [0.2, 0.25) is 5.02 Å². The van der Waals surface area contributed by atoms with Crippen molar-refractivity contribution < 1.29 is 14.3 Å². The minimum absolute atomic E-state index is 0.0228. The van der Waals surface area contributed by atoms with E-state index in [9.17, 15) is 9.59 Å². The van der Waals surface area contributed by atoms with Crippen LogP contribution in [0.25, 0.3) is 0 Å². The number of rotatable bonds is 5. The molecular weight excluding hydrogens is 388 g/mol. The van der Waals surface area contributed by atoms with Crippen LogP contribution in [-0.4, -0.2) is 25.0 Å². The Balaban J connectivity index is 1.83. The lowest BCUT2D eigenvalue weighted by atomic mass is 9.92. The number of ether oxygens (including phenoxy) is 1. The highest BCUT2D eigenvalue weighted by atomic mass is 35.5. The van der Waals surface area contributed by atoms with Gasteiger partial charge >= 0.3 is 0 Å². The molecule has 2 amide bonds. The number of benzene rings is 2. The Bertz CT molecular complexity index is 907. The number of hydrogen-bond acceptors (Lipinski definition) is 3. The number of halogens is 1. The molecule has 0 saturated heterocycles. The number of carbonyl (C=O) groups excluding carboxylic acids is 2. The normalized spacial score (nSPS) is 15.5. The Kier molecular flexibility index (Phi) is 6.18. The first kappa shape index (κ1) is 21.2. The number of carbonyl (C=O) groups is 2. The summed E-state index contributed by atoms with van der Waals surface area (Å²) in [6.45, 7) is 8.83. The zero-order valence-corrected chi connectivity index (χ0v) is 18.0. The van der Waals surface area contributed by atoms with Crippen LogP contribution >= 0.6 is 11.6 Å². The van der Waals surface area contributed by atoms with E-state index in [0.29, 0.717) is 41.2 Å². The molecule has 0 spiro atoms. The van der Waals surface area contributed by atoms with Gasteiger partial charge in [-0.15, -0.1) is 0 Å². The molecule has 3 rings (SSSR count). The molecule has 5 nitrogen and oxygen atoms in total.